The van der Waals surface area contributed by atoms with E-state index in [0.717, 1.165) is 19.3 Å². The molecule has 1 amide bonds. The van der Waals surface area contributed by atoms with Crippen LogP contribution in [0.4, 0.5) is 0 Å². The average Bonchev–Trinajstić information content (AvgIpc) is 2.12. The first-order valence-corrected chi connectivity index (χ1v) is 4.91. The standard InChI is InChI=1S/C10H16N2O2/c1-14-10(4-2-5-10)8-9(13)12-7-3-6-11/h2-5,7-8H2,1H3,(H,12,13). The summed E-state index contributed by atoms with van der Waals surface area (Å²) < 4.78 is 5.32. The van der Waals surface area contributed by atoms with Crippen LogP contribution in [-0.2, 0) is 9.53 Å². The van der Waals surface area contributed by atoms with Crippen LogP contribution in [0.2, 0.25) is 0 Å². The van der Waals surface area contributed by atoms with Gasteiger partial charge in [-0.3, -0.25) is 4.79 Å². The van der Waals surface area contributed by atoms with Gasteiger partial charge in [0.2, 0.25) is 5.91 Å². The van der Waals surface area contributed by atoms with Crippen LogP contribution >= 0.6 is 0 Å². The molecule has 0 unspecified atom stereocenters. The maximum atomic E-state index is 11.4. The van der Waals surface area contributed by atoms with Crippen molar-refractivity contribution in [2.45, 2.75) is 37.7 Å². The normalized spacial score (nSPS) is 18.0. The Morgan fingerprint density at radius 3 is 2.79 bits per heavy atom. The molecule has 0 aromatic carbocycles. The summed E-state index contributed by atoms with van der Waals surface area (Å²) in [5, 5.41) is 11.0. The molecule has 1 N–H and O–H groups in total. The summed E-state index contributed by atoms with van der Waals surface area (Å²) in [6, 6.07) is 1.98. The average molecular weight is 196 g/mol. The minimum absolute atomic E-state index is 0.0122. The Balaban J connectivity index is 2.22. The summed E-state index contributed by atoms with van der Waals surface area (Å²) in [6.45, 7) is 0.440. The van der Waals surface area contributed by atoms with Gasteiger partial charge in [-0.15, -0.1) is 0 Å². The van der Waals surface area contributed by atoms with Gasteiger partial charge < -0.3 is 10.1 Å². The summed E-state index contributed by atoms with van der Waals surface area (Å²) in [6.07, 6.45) is 3.87. The van der Waals surface area contributed by atoms with Crippen LogP contribution in [0.15, 0.2) is 0 Å². The molecule has 0 radical (unpaired) electrons. The van der Waals surface area contributed by atoms with Crippen molar-refractivity contribution >= 4 is 5.91 Å². The first-order valence-electron chi connectivity index (χ1n) is 4.91. The number of carbonyl (C=O) groups is 1. The topological polar surface area (TPSA) is 62.1 Å². The molecule has 1 aliphatic carbocycles. The summed E-state index contributed by atoms with van der Waals surface area (Å²) in [7, 11) is 1.65. The van der Waals surface area contributed by atoms with Crippen molar-refractivity contribution in [2.75, 3.05) is 13.7 Å². The highest BCUT2D eigenvalue weighted by Gasteiger charge is 2.38. The summed E-state index contributed by atoms with van der Waals surface area (Å²) >= 11 is 0. The monoisotopic (exact) mass is 196 g/mol. The Labute approximate surface area is 84.2 Å². The highest BCUT2D eigenvalue weighted by atomic mass is 16.5. The second-order valence-corrected chi connectivity index (χ2v) is 3.68. The largest absolute Gasteiger partial charge is 0.378 e. The summed E-state index contributed by atoms with van der Waals surface area (Å²) in [4.78, 5) is 11.4. The summed E-state index contributed by atoms with van der Waals surface area (Å²) in [5.74, 6) is -0.0122. The lowest BCUT2D eigenvalue weighted by Crippen LogP contribution is -2.44. The van der Waals surface area contributed by atoms with Gasteiger partial charge in [0.1, 0.15) is 0 Å². The fourth-order valence-electron chi connectivity index (χ4n) is 1.64. The molecule has 0 spiro atoms. The van der Waals surface area contributed by atoms with E-state index in [0.29, 0.717) is 19.4 Å². The van der Waals surface area contributed by atoms with Gasteiger partial charge in [0, 0.05) is 13.7 Å². The fourth-order valence-corrected chi connectivity index (χ4v) is 1.64. The predicted octanol–water partition coefficient (Wildman–Crippen LogP) is 0.975. The molecule has 0 bridgehead atoms. The lowest BCUT2D eigenvalue weighted by Gasteiger charge is -2.39. The zero-order valence-corrected chi connectivity index (χ0v) is 8.51. The van der Waals surface area contributed by atoms with Crippen molar-refractivity contribution in [1.82, 2.24) is 5.32 Å². The van der Waals surface area contributed by atoms with E-state index >= 15 is 0 Å². The van der Waals surface area contributed by atoms with Gasteiger partial charge in [-0.25, -0.2) is 0 Å². The highest BCUT2D eigenvalue weighted by Crippen LogP contribution is 2.37. The predicted molar refractivity (Wildman–Crippen MR) is 51.4 cm³/mol. The maximum Gasteiger partial charge on any atom is 0.222 e. The minimum atomic E-state index is -0.212. The van der Waals surface area contributed by atoms with Crippen LogP contribution in [-0.4, -0.2) is 25.2 Å². The second kappa shape index (κ2) is 4.97. The molecule has 0 atom stereocenters. The fraction of sp³-hybridized carbons (Fsp3) is 0.800. The van der Waals surface area contributed by atoms with E-state index in [9.17, 15) is 4.79 Å². The smallest absolute Gasteiger partial charge is 0.222 e. The van der Waals surface area contributed by atoms with E-state index in [2.05, 4.69) is 5.32 Å². The molecular formula is C10H16N2O2. The molecule has 0 aromatic heterocycles. The third kappa shape index (κ3) is 2.71. The molecule has 1 saturated carbocycles. The number of amides is 1. The number of nitrogens with zero attached hydrogens (tertiary/aromatic N) is 1. The SMILES string of the molecule is COC1(CC(=O)NCCC#N)CCC1. The van der Waals surface area contributed by atoms with Crippen LogP contribution in [0.25, 0.3) is 0 Å². The first-order chi connectivity index (χ1) is 6.72. The molecule has 0 aliphatic heterocycles. The first kappa shape index (κ1) is 11.0. The van der Waals surface area contributed by atoms with Gasteiger partial charge in [0.25, 0.3) is 0 Å². The van der Waals surface area contributed by atoms with Crippen LogP contribution in [0, 0.1) is 11.3 Å². The Hall–Kier alpha value is -1.08. The van der Waals surface area contributed by atoms with Crippen molar-refractivity contribution in [3.63, 3.8) is 0 Å². The third-order valence-corrected chi connectivity index (χ3v) is 2.74. The minimum Gasteiger partial charge on any atom is -0.378 e. The van der Waals surface area contributed by atoms with E-state index in [1.165, 1.54) is 0 Å². The lowest BCUT2D eigenvalue weighted by molar-refractivity contribution is -0.134. The second-order valence-electron chi connectivity index (χ2n) is 3.68. The lowest BCUT2D eigenvalue weighted by atomic mass is 9.77. The van der Waals surface area contributed by atoms with Gasteiger partial charge in [-0.1, -0.05) is 0 Å². The molecule has 1 rings (SSSR count). The van der Waals surface area contributed by atoms with E-state index in [-0.39, 0.29) is 11.5 Å². The number of ether oxygens (including phenoxy) is 1. The number of rotatable bonds is 5. The molecule has 78 valence electrons. The zero-order chi connectivity index (χ0) is 10.4. The van der Waals surface area contributed by atoms with Crippen molar-refractivity contribution in [3.05, 3.63) is 0 Å². The quantitative estimate of drug-likeness (QED) is 0.666. The molecule has 0 heterocycles. The van der Waals surface area contributed by atoms with Gasteiger partial charge in [0.05, 0.1) is 24.5 Å². The number of methoxy groups -OCH3 is 1. The Bertz CT molecular complexity index is 235. The Morgan fingerprint density at radius 1 is 1.64 bits per heavy atom. The number of nitriles is 1. The third-order valence-electron chi connectivity index (χ3n) is 2.74. The van der Waals surface area contributed by atoms with Crippen LogP contribution < -0.4 is 5.32 Å². The van der Waals surface area contributed by atoms with Crippen LogP contribution in [0.5, 0.6) is 0 Å². The highest BCUT2D eigenvalue weighted by molar-refractivity contribution is 5.77. The van der Waals surface area contributed by atoms with Crippen LogP contribution in [0.3, 0.4) is 0 Å². The van der Waals surface area contributed by atoms with E-state index < -0.39 is 0 Å². The van der Waals surface area contributed by atoms with Gasteiger partial charge in [-0.2, -0.15) is 5.26 Å². The number of hydrogen-bond donors (Lipinski definition) is 1. The molecular weight excluding hydrogens is 180 g/mol. The van der Waals surface area contributed by atoms with Gasteiger partial charge >= 0.3 is 0 Å². The van der Waals surface area contributed by atoms with E-state index in [1.54, 1.807) is 7.11 Å². The van der Waals surface area contributed by atoms with Crippen LogP contribution in [0.1, 0.15) is 32.1 Å². The Kier molecular flexibility index (Phi) is 3.90. The maximum absolute atomic E-state index is 11.4. The molecule has 0 aromatic rings. The molecule has 0 saturated heterocycles. The van der Waals surface area contributed by atoms with Gasteiger partial charge in [0.15, 0.2) is 0 Å². The zero-order valence-electron chi connectivity index (χ0n) is 8.51. The number of hydrogen-bond acceptors (Lipinski definition) is 3. The van der Waals surface area contributed by atoms with Gasteiger partial charge in [-0.05, 0) is 19.3 Å². The van der Waals surface area contributed by atoms with Crippen molar-refractivity contribution in [1.29, 1.82) is 5.26 Å². The summed E-state index contributed by atoms with van der Waals surface area (Å²) in [5.41, 5.74) is -0.212. The molecule has 1 aliphatic rings. The van der Waals surface area contributed by atoms with Crippen molar-refractivity contribution < 1.29 is 9.53 Å². The van der Waals surface area contributed by atoms with Crippen molar-refractivity contribution in [2.24, 2.45) is 0 Å². The molecule has 4 heteroatoms. The van der Waals surface area contributed by atoms with Crippen molar-refractivity contribution in [3.8, 4) is 6.07 Å². The number of nitrogens with one attached hydrogen (secondary N) is 1. The molecule has 4 nitrogen and oxygen atoms in total. The van der Waals surface area contributed by atoms with E-state index in [4.69, 9.17) is 10.00 Å². The Morgan fingerprint density at radius 2 is 2.36 bits per heavy atom. The number of carbonyl (C=O) groups excluding carboxylic acids is 1. The van der Waals surface area contributed by atoms with E-state index in [1.807, 2.05) is 6.07 Å². The molecule has 14 heavy (non-hydrogen) atoms. The molecule has 1 fully saturated rings.